The average Bonchev–Trinajstić information content (AvgIpc) is 3.17. The summed E-state index contributed by atoms with van der Waals surface area (Å²) in [6.45, 7) is 5.82. The van der Waals surface area contributed by atoms with E-state index in [0.717, 1.165) is 0 Å². The van der Waals surface area contributed by atoms with Crippen molar-refractivity contribution >= 4 is 15.8 Å². The van der Waals surface area contributed by atoms with Gasteiger partial charge in [-0.1, -0.05) is 32.9 Å². The summed E-state index contributed by atoms with van der Waals surface area (Å²) in [5.74, 6) is -0.213. The predicted octanol–water partition coefficient (Wildman–Crippen LogP) is 2.84. The molecule has 1 aromatic carbocycles. The second kappa shape index (κ2) is 5.38. The van der Waals surface area contributed by atoms with E-state index in [-0.39, 0.29) is 23.6 Å². The Hall–Kier alpha value is -1.47. The molecular formula is C14H19NO5S. The van der Waals surface area contributed by atoms with Crippen LogP contribution in [0.3, 0.4) is 0 Å². The van der Waals surface area contributed by atoms with Gasteiger partial charge in [-0.25, -0.2) is 0 Å². The molecule has 1 aromatic rings. The van der Waals surface area contributed by atoms with Gasteiger partial charge in [-0.3, -0.25) is 14.3 Å². The summed E-state index contributed by atoms with van der Waals surface area (Å²) in [5.41, 5.74) is 0.423. The van der Waals surface area contributed by atoms with E-state index in [1.165, 1.54) is 12.1 Å². The summed E-state index contributed by atoms with van der Waals surface area (Å²) in [5, 5.41) is 10.2. The summed E-state index contributed by atoms with van der Waals surface area (Å²) in [6, 6.07) is 6.12. The van der Waals surface area contributed by atoms with E-state index in [1.807, 2.05) is 20.8 Å². The van der Waals surface area contributed by atoms with Crippen LogP contribution in [-0.4, -0.2) is 25.2 Å². The van der Waals surface area contributed by atoms with Crippen molar-refractivity contribution in [2.75, 3.05) is 6.61 Å². The topological polar surface area (TPSA) is 86.5 Å². The predicted molar refractivity (Wildman–Crippen MR) is 78.6 cm³/mol. The number of non-ortho nitro benzene ring substituents is 1. The maximum absolute atomic E-state index is 12.1. The van der Waals surface area contributed by atoms with Crippen LogP contribution >= 0.6 is 0 Å². The van der Waals surface area contributed by atoms with Crippen molar-refractivity contribution in [2.24, 2.45) is 5.41 Å². The Bertz CT molecular complexity index is 648. The molecule has 0 amide bonds. The molecule has 2 atom stereocenters. The van der Waals surface area contributed by atoms with Crippen LogP contribution in [0.15, 0.2) is 24.3 Å². The first-order valence-corrected chi connectivity index (χ1v) is 8.20. The van der Waals surface area contributed by atoms with Gasteiger partial charge in [0.1, 0.15) is 0 Å². The summed E-state index contributed by atoms with van der Waals surface area (Å²) in [6.07, 6.45) is 0.452. The molecule has 1 aliphatic carbocycles. The zero-order chi connectivity index (χ0) is 15.8. The van der Waals surface area contributed by atoms with Gasteiger partial charge in [0.25, 0.3) is 15.8 Å². The highest BCUT2D eigenvalue weighted by atomic mass is 32.2. The number of nitro groups is 1. The molecule has 1 aliphatic rings. The number of benzene rings is 1. The van der Waals surface area contributed by atoms with Crippen molar-refractivity contribution in [2.45, 2.75) is 38.4 Å². The third-order valence-electron chi connectivity index (χ3n) is 3.27. The summed E-state index contributed by atoms with van der Waals surface area (Å²) in [4.78, 5) is 10.3. The number of nitro benzene ring substituents is 1. The average molecular weight is 313 g/mol. The maximum Gasteiger partial charge on any atom is 0.270 e. The van der Waals surface area contributed by atoms with E-state index < -0.39 is 20.3 Å². The van der Waals surface area contributed by atoms with Crippen LogP contribution in [0.1, 0.15) is 38.7 Å². The van der Waals surface area contributed by atoms with Gasteiger partial charge in [-0.2, -0.15) is 8.42 Å². The molecule has 0 N–H and O–H groups in total. The lowest BCUT2D eigenvalue weighted by Gasteiger charge is -2.17. The molecule has 21 heavy (non-hydrogen) atoms. The zero-order valence-corrected chi connectivity index (χ0v) is 13.1. The number of hydrogen-bond acceptors (Lipinski definition) is 5. The van der Waals surface area contributed by atoms with Crippen molar-refractivity contribution < 1.29 is 17.5 Å². The van der Waals surface area contributed by atoms with Crippen molar-refractivity contribution in [3.8, 4) is 0 Å². The molecule has 0 radical (unpaired) electrons. The Labute approximate surface area is 124 Å². The van der Waals surface area contributed by atoms with Gasteiger partial charge in [-0.15, -0.1) is 0 Å². The van der Waals surface area contributed by atoms with E-state index in [0.29, 0.717) is 12.0 Å². The maximum atomic E-state index is 12.1. The first kappa shape index (κ1) is 15.9. The molecule has 0 spiro atoms. The van der Waals surface area contributed by atoms with Crippen molar-refractivity contribution in [3.05, 3.63) is 39.9 Å². The molecule has 0 saturated heterocycles. The van der Waals surface area contributed by atoms with Crippen molar-refractivity contribution in [3.63, 3.8) is 0 Å². The lowest BCUT2D eigenvalue weighted by atomic mass is 9.99. The fourth-order valence-electron chi connectivity index (χ4n) is 2.06. The number of hydrogen-bond donors (Lipinski definition) is 0. The Balaban J connectivity index is 2.07. The van der Waals surface area contributed by atoms with Crippen LogP contribution in [0.4, 0.5) is 5.69 Å². The van der Waals surface area contributed by atoms with Crippen molar-refractivity contribution in [1.82, 2.24) is 0 Å². The van der Waals surface area contributed by atoms with Gasteiger partial charge < -0.3 is 0 Å². The van der Waals surface area contributed by atoms with Gasteiger partial charge in [0.2, 0.25) is 0 Å². The molecule has 1 fully saturated rings. The second-order valence-corrected chi connectivity index (χ2v) is 8.38. The highest BCUT2D eigenvalue weighted by Gasteiger charge is 2.49. The molecule has 0 bridgehead atoms. The van der Waals surface area contributed by atoms with E-state index in [4.69, 9.17) is 4.18 Å². The Morgan fingerprint density at radius 3 is 2.62 bits per heavy atom. The molecule has 6 nitrogen and oxygen atoms in total. The Kier molecular flexibility index (Phi) is 4.08. The fraction of sp³-hybridized carbons (Fsp3) is 0.571. The highest BCUT2D eigenvalue weighted by Crippen LogP contribution is 2.47. The number of nitrogens with zero attached hydrogens (tertiary/aromatic N) is 1. The minimum absolute atomic E-state index is 0.0221. The summed E-state index contributed by atoms with van der Waals surface area (Å²) in [7, 11) is -3.62. The third-order valence-corrected chi connectivity index (χ3v) is 4.98. The smallest absolute Gasteiger partial charge is 0.269 e. The second-order valence-electron chi connectivity index (χ2n) is 6.55. The molecular weight excluding hydrogens is 294 g/mol. The van der Waals surface area contributed by atoms with Gasteiger partial charge in [-0.05, 0) is 17.4 Å². The minimum atomic E-state index is -3.62. The fourth-order valence-corrected chi connectivity index (χ4v) is 3.75. The van der Waals surface area contributed by atoms with Crippen LogP contribution < -0.4 is 0 Å². The lowest BCUT2D eigenvalue weighted by molar-refractivity contribution is -0.384. The Morgan fingerprint density at radius 2 is 2.05 bits per heavy atom. The zero-order valence-electron chi connectivity index (χ0n) is 12.3. The minimum Gasteiger partial charge on any atom is -0.269 e. The van der Waals surface area contributed by atoms with E-state index in [9.17, 15) is 18.5 Å². The standard InChI is InChI=1S/C14H19NO5S/c1-14(2,3)9-20-21(18,19)13-8-12(13)10-5-4-6-11(7-10)15(16)17/h4-7,12-13H,8-9H2,1-3H3/t12-,13+/m1/s1. The normalized spacial score (nSPS) is 22.0. The first-order chi connectivity index (χ1) is 9.60. The lowest BCUT2D eigenvalue weighted by Crippen LogP contribution is -2.21. The molecule has 0 unspecified atom stereocenters. The van der Waals surface area contributed by atoms with Gasteiger partial charge in [0, 0.05) is 18.1 Å². The van der Waals surface area contributed by atoms with E-state index in [2.05, 4.69) is 0 Å². The van der Waals surface area contributed by atoms with Crippen LogP contribution in [0.25, 0.3) is 0 Å². The summed E-state index contributed by atoms with van der Waals surface area (Å²) >= 11 is 0. The van der Waals surface area contributed by atoms with Crippen LogP contribution in [0.5, 0.6) is 0 Å². The van der Waals surface area contributed by atoms with Gasteiger partial charge in [0.15, 0.2) is 0 Å². The van der Waals surface area contributed by atoms with Crippen LogP contribution in [-0.2, 0) is 14.3 Å². The highest BCUT2D eigenvalue weighted by molar-refractivity contribution is 7.87. The molecule has 0 heterocycles. The number of rotatable bonds is 5. The van der Waals surface area contributed by atoms with E-state index in [1.54, 1.807) is 12.1 Å². The van der Waals surface area contributed by atoms with E-state index >= 15 is 0 Å². The molecule has 2 rings (SSSR count). The van der Waals surface area contributed by atoms with Crippen molar-refractivity contribution in [1.29, 1.82) is 0 Å². The first-order valence-electron chi connectivity index (χ1n) is 6.73. The van der Waals surface area contributed by atoms with Gasteiger partial charge in [0.05, 0.1) is 16.8 Å². The third kappa shape index (κ3) is 4.01. The summed E-state index contributed by atoms with van der Waals surface area (Å²) < 4.78 is 29.3. The molecule has 116 valence electrons. The molecule has 7 heteroatoms. The largest absolute Gasteiger partial charge is 0.270 e. The molecule has 1 saturated carbocycles. The monoisotopic (exact) mass is 313 g/mol. The molecule has 0 aromatic heterocycles. The quantitative estimate of drug-likeness (QED) is 0.474. The molecule has 0 aliphatic heterocycles. The van der Waals surface area contributed by atoms with Crippen LogP contribution in [0.2, 0.25) is 0 Å². The van der Waals surface area contributed by atoms with Gasteiger partial charge >= 0.3 is 0 Å². The SMILES string of the molecule is CC(C)(C)COS(=O)(=O)[C@H]1C[C@@H]1c1cccc([N+](=O)[O-])c1. The Morgan fingerprint density at radius 1 is 1.38 bits per heavy atom. The van der Waals surface area contributed by atoms with Crippen LogP contribution in [0, 0.1) is 15.5 Å².